The van der Waals surface area contributed by atoms with Crippen molar-refractivity contribution >= 4 is 17.7 Å². The quantitative estimate of drug-likeness (QED) is 0.825. The zero-order valence-corrected chi connectivity index (χ0v) is 10.9. The Bertz CT molecular complexity index is 380. The summed E-state index contributed by atoms with van der Waals surface area (Å²) in [6.07, 6.45) is -0.0309. The molecule has 1 aromatic rings. The third-order valence-electron chi connectivity index (χ3n) is 2.65. The summed E-state index contributed by atoms with van der Waals surface area (Å²) in [5.74, 6) is 0.733. The van der Waals surface area contributed by atoms with Gasteiger partial charge in [0.2, 0.25) is 0 Å². The first-order valence-corrected chi connectivity index (χ1v) is 6.93. The molecule has 1 saturated heterocycles. The van der Waals surface area contributed by atoms with Gasteiger partial charge in [0, 0.05) is 5.56 Å². The lowest BCUT2D eigenvalue weighted by molar-refractivity contribution is -0.685. The van der Waals surface area contributed by atoms with Crippen LogP contribution in [0.1, 0.15) is 24.8 Å². The maximum Gasteiger partial charge on any atom is 0.366 e. The molecule has 4 heteroatoms. The Hall–Kier alpha value is -1.00. The first-order valence-electron chi connectivity index (χ1n) is 5.89. The number of ether oxygens (including phenoxy) is 1. The van der Waals surface area contributed by atoms with E-state index in [0.717, 1.165) is 5.75 Å². The van der Waals surface area contributed by atoms with E-state index in [1.165, 1.54) is 5.56 Å². The lowest BCUT2D eigenvalue weighted by atomic mass is 10.2. The standard InChI is InChI=1S/C13H17NO2S/c1-9(2)16-13(15)11-8-17-12(14-11)10-6-4-3-5-7-10/h3-7,9,11-12,14H,8H2,1-2H3/p+1/t11-,12-/m0/s1. The molecule has 2 atom stereocenters. The average Bonchev–Trinajstić information content (AvgIpc) is 2.78. The van der Waals surface area contributed by atoms with Gasteiger partial charge in [0.25, 0.3) is 0 Å². The van der Waals surface area contributed by atoms with Crippen molar-refractivity contribution in [2.45, 2.75) is 31.4 Å². The zero-order valence-electron chi connectivity index (χ0n) is 10.1. The van der Waals surface area contributed by atoms with Gasteiger partial charge in [-0.05, 0) is 13.8 Å². The number of hydrogen-bond acceptors (Lipinski definition) is 3. The van der Waals surface area contributed by atoms with Crippen LogP contribution < -0.4 is 5.32 Å². The Morgan fingerprint density at radius 1 is 1.41 bits per heavy atom. The van der Waals surface area contributed by atoms with E-state index in [4.69, 9.17) is 4.74 Å². The molecule has 2 rings (SSSR count). The molecule has 0 saturated carbocycles. The summed E-state index contributed by atoms with van der Waals surface area (Å²) in [5.41, 5.74) is 1.26. The van der Waals surface area contributed by atoms with Crippen LogP contribution >= 0.6 is 11.8 Å². The molecular weight excluding hydrogens is 234 g/mol. The van der Waals surface area contributed by atoms with Crippen LogP contribution in [-0.4, -0.2) is 23.9 Å². The number of rotatable bonds is 3. The molecule has 0 amide bonds. The van der Waals surface area contributed by atoms with Crippen LogP contribution in [0.2, 0.25) is 0 Å². The highest BCUT2D eigenvalue weighted by atomic mass is 32.2. The van der Waals surface area contributed by atoms with E-state index >= 15 is 0 Å². The summed E-state index contributed by atoms with van der Waals surface area (Å²) >= 11 is 1.80. The number of carbonyl (C=O) groups is 1. The highest BCUT2D eigenvalue weighted by molar-refractivity contribution is 7.99. The van der Waals surface area contributed by atoms with Gasteiger partial charge in [0.15, 0.2) is 11.4 Å². The molecule has 17 heavy (non-hydrogen) atoms. The van der Waals surface area contributed by atoms with Gasteiger partial charge in [-0.15, -0.1) is 0 Å². The average molecular weight is 252 g/mol. The van der Waals surface area contributed by atoms with Crippen molar-refractivity contribution in [3.63, 3.8) is 0 Å². The number of benzene rings is 1. The summed E-state index contributed by atoms with van der Waals surface area (Å²) in [4.78, 5) is 11.8. The minimum absolute atomic E-state index is 0.0309. The highest BCUT2D eigenvalue weighted by Crippen LogP contribution is 2.26. The molecule has 1 heterocycles. The highest BCUT2D eigenvalue weighted by Gasteiger charge is 2.36. The molecule has 0 unspecified atom stereocenters. The third kappa shape index (κ3) is 3.23. The Morgan fingerprint density at radius 2 is 2.12 bits per heavy atom. The predicted octanol–water partition coefficient (Wildman–Crippen LogP) is 1.32. The first-order chi connectivity index (χ1) is 8.16. The van der Waals surface area contributed by atoms with Gasteiger partial charge in [0.1, 0.15) is 0 Å². The SMILES string of the molecule is CC(C)OC(=O)[C@@H]1CS[C@@H](c2ccccc2)[NH2+]1. The van der Waals surface area contributed by atoms with Gasteiger partial charge >= 0.3 is 5.97 Å². The fourth-order valence-electron chi connectivity index (χ4n) is 1.85. The van der Waals surface area contributed by atoms with Crippen molar-refractivity contribution in [3.8, 4) is 0 Å². The van der Waals surface area contributed by atoms with Gasteiger partial charge in [-0.3, -0.25) is 0 Å². The normalized spacial score (nSPS) is 23.9. The number of carbonyl (C=O) groups excluding carboxylic acids is 1. The summed E-state index contributed by atoms with van der Waals surface area (Å²) in [6, 6.07) is 10.2. The van der Waals surface area contributed by atoms with Gasteiger partial charge in [0.05, 0.1) is 11.9 Å². The zero-order chi connectivity index (χ0) is 12.3. The van der Waals surface area contributed by atoms with Crippen molar-refractivity contribution < 1.29 is 14.8 Å². The molecule has 2 N–H and O–H groups in total. The second-order valence-corrected chi connectivity index (χ2v) is 5.62. The van der Waals surface area contributed by atoms with Crippen LogP contribution in [-0.2, 0) is 9.53 Å². The topological polar surface area (TPSA) is 42.9 Å². The summed E-state index contributed by atoms with van der Waals surface area (Å²) in [6.45, 7) is 3.77. The van der Waals surface area contributed by atoms with E-state index in [1.54, 1.807) is 11.8 Å². The number of quaternary nitrogens is 1. The molecule has 0 bridgehead atoms. The van der Waals surface area contributed by atoms with Crippen LogP contribution in [0.5, 0.6) is 0 Å². The lowest BCUT2D eigenvalue weighted by Crippen LogP contribution is -2.89. The molecule has 1 aliphatic rings. The number of nitrogens with two attached hydrogens (primary N) is 1. The summed E-state index contributed by atoms with van der Waals surface area (Å²) < 4.78 is 5.23. The predicted molar refractivity (Wildman–Crippen MR) is 68.6 cm³/mol. The summed E-state index contributed by atoms with van der Waals surface area (Å²) in [5, 5.41) is 2.42. The van der Waals surface area contributed by atoms with Crippen LogP contribution in [0.25, 0.3) is 0 Å². The molecule has 0 aromatic heterocycles. The van der Waals surface area contributed by atoms with E-state index in [0.29, 0.717) is 5.37 Å². The molecule has 1 fully saturated rings. The second kappa shape index (κ2) is 5.56. The Morgan fingerprint density at radius 3 is 2.76 bits per heavy atom. The van der Waals surface area contributed by atoms with Crippen LogP contribution in [0.4, 0.5) is 0 Å². The minimum atomic E-state index is -0.0917. The van der Waals surface area contributed by atoms with Gasteiger partial charge in [-0.25, -0.2) is 4.79 Å². The van der Waals surface area contributed by atoms with Gasteiger partial charge in [-0.2, -0.15) is 0 Å². The Kier molecular flexibility index (Phi) is 4.07. The number of thioether (sulfide) groups is 1. The number of esters is 1. The van der Waals surface area contributed by atoms with Crippen molar-refractivity contribution in [1.29, 1.82) is 0 Å². The molecular formula is C13H18NO2S+. The van der Waals surface area contributed by atoms with Crippen LogP contribution in [0.15, 0.2) is 30.3 Å². The fourth-order valence-corrected chi connectivity index (χ4v) is 3.16. The molecule has 1 aromatic carbocycles. The van der Waals surface area contributed by atoms with Gasteiger partial charge in [-0.1, -0.05) is 42.1 Å². The largest absolute Gasteiger partial charge is 0.459 e. The van der Waals surface area contributed by atoms with Gasteiger partial charge < -0.3 is 10.1 Å². The van der Waals surface area contributed by atoms with Crippen molar-refractivity contribution in [2.75, 3.05) is 5.75 Å². The van der Waals surface area contributed by atoms with E-state index < -0.39 is 0 Å². The van der Waals surface area contributed by atoms with E-state index in [1.807, 2.05) is 32.0 Å². The molecule has 1 aliphatic heterocycles. The third-order valence-corrected chi connectivity index (χ3v) is 3.99. The molecule has 0 spiro atoms. The minimum Gasteiger partial charge on any atom is -0.459 e. The Labute approximate surface area is 106 Å². The lowest BCUT2D eigenvalue weighted by Gasteiger charge is -2.12. The summed E-state index contributed by atoms with van der Waals surface area (Å²) in [7, 11) is 0. The number of hydrogen-bond donors (Lipinski definition) is 1. The Balaban J connectivity index is 1.94. The van der Waals surface area contributed by atoms with Crippen LogP contribution in [0, 0.1) is 0 Å². The molecule has 0 aliphatic carbocycles. The van der Waals surface area contributed by atoms with Crippen LogP contribution in [0.3, 0.4) is 0 Å². The van der Waals surface area contributed by atoms with Crippen molar-refractivity contribution in [2.24, 2.45) is 0 Å². The van der Waals surface area contributed by atoms with E-state index in [-0.39, 0.29) is 18.1 Å². The second-order valence-electron chi connectivity index (χ2n) is 4.45. The van der Waals surface area contributed by atoms with Crippen molar-refractivity contribution in [1.82, 2.24) is 0 Å². The maximum absolute atomic E-state index is 11.8. The molecule has 0 radical (unpaired) electrons. The van der Waals surface area contributed by atoms with E-state index in [9.17, 15) is 4.79 Å². The molecule has 92 valence electrons. The molecule has 3 nitrogen and oxygen atoms in total. The van der Waals surface area contributed by atoms with Crippen molar-refractivity contribution in [3.05, 3.63) is 35.9 Å². The fraction of sp³-hybridized carbons (Fsp3) is 0.462. The smallest absolute Gasteiger partial charge is 0.366 e. The van der Waals surface area contributed by atoms with E-state index in [2.05, 4.69) is 17.4 Å². The first kappa shape index (κ1) is 12.5. The maximum atomic E-state index is 11.8. The monoisotopic (exact) mass is 252 g/mol.